The topological polar surface area (TPSA) is 55.4 Å². The number of hydrogen-bond donors (Lipinski definition) is 1. The summed E-state index contributed by atoms with van der Waals surface area (Å²) in [6.45, 7) is 1.54. The fourth-order valence-electron chi connectivity index (χ4n) is 1.16. The lowest BCUT2D eigenvalue weighted by atomic mass is 10.3. The number of benzene rings is 1. The third-order valence-electron chi connectivity index (χ3n) is 2.01. The van der Waals surface area contributed by atoms with Crippen LogP contribution in [0.4, 0.5) is 5.69 Å². The number of amides is 1. The van der Waals surface area contributed by atoms with Crippen molar-refractivity contribution in [2.45, 2.75) is 6.92 Å². The molecule has 1 rings (SSSR count). The first kappa shape index (κ1) is 15.4. The Labute approximate surface area is 125 Å². The van der Waals surface area contributed by atoms with E-state index in [1.54, 1.807) is 30.4 Å². The molecule has 0 bridgehead atoms. The summed E-state index contributed by atoms with van der Waals surface area (Å²) in [5.41, 5.74) is 0.672. The highest BCUT2D eigenvalue weighted by atomic mass is 127. The van der Waals surface area contributed by atoms with Gasteiger partial charge in [0.2, 0.25) is 0 Å². The van der Waals surface area contributed by atoms with Crippen molar-refractivity contribution in [1.29, 1.82) is 0 Å². The van der Waals surface area contributed by atoms with E-state index in [1.807, 2.05) is 19.1 Å². The highest BCUT2D eigenvalue weighted by molar-refractivity contribution is 14.1. The number of carbonyl (C=O) groups is 2. The first-order chi connectivity index (χ1) is 9.11. The number of carbonyl (C=O) groups excluding carboxylic acids is 2. The van der Waals surface area contributed by atoms with Crippen LogP contribution in [0.25, 0.3) is 0 Å². The Kier molecular flexibility index (Phi) is 6.88. The number of esters is 1. The van der Waals surface area contributed by atoms with Crippen molar-refractivity contribution in [3.8, 4) is 0 Å². The van der Waals surface area contributed by atoms with Crippen LogP contribution in [-0.4, -0.2) is 18.5 Å². The fraction of sp³-hybridized carbons (Fsp3) is 0.143. The van der Waals surface area contributed by atoms with Crippen molar-refractivity contribution in [3.63, 3.8) is 0 Å². The summed E-state index contributed by atoms with van der Waals surface area (Å²) >= 11 is 2.18. The molecule has 100 valence electrons. The minimum Gasteiger partial charge on any atom is -0.452 e. The Morgan fingerprint density at radius 1 is 1.26 bits per heavy atom. The van der Waals surface area contributed by atoms with E-state index in [1.165, 1.54) is 6.08 Å². The van der Waals surface area contributed by atoms with Gasteiger partial charge in [-0.1, -0.05) is 18.2 Å². The molecule has 0 atom stereocenters. The van der Waals surface area contributed by atoms with Crippen molar-refractivity contribution in [3.05, 3.63) is 52.1 Å². The van der Waals surface area contributed by atoms with Gasteiger partial charge in [-0.3, -0.25) is 4.79 Å². The highest BCUT2D eigenvalue weighted by Crippen LogP contribution is 2.10. The minimum atomic E-state index is -0.545. The molecule has 0 radical (unpaired) electrons. The Hall–Kier alpha value is -1.63. The molecule has 0 fully saturated rings. The van der Waals surface area contributed by atoms with Crippen LogP contribution in [0.2, 0.25) is 0 Å². The Morgan fingerprint density at radius 2 is 1.95 bits per heavy atom. The van der Waals surface area contributed by atoms with E-state index in [2.05, 4.69) is 27.9 Å². The monoisotopic (exact) mass is 371 g/mol. The summed E-state index contributed by atoms with van der Waals surface area (Å²) in [7, 11) is 0. The van der Waals surface area contributed by atoms with Gasteiger partial charge >= 0.3 is 5.97 Å². The van der Waals surface area contributed by atoms with Gasteiger partial charge in [-0.25, -0.2) is 4.79 Å². The molecule has 1 aromatic carbocycles. The molecule has 0 aromatic heterocycles. The Morgan fingerprint density at radius 3 is 2.58 bits per heavy atom. The summed E-state index contributed by atoms with van der Waals surface area (Å²) < 4.78 is 5.85. The molecule has 0 heterocycles. The van der Waals surface area contributed by atoms with Gasteiger partial charge in [-0.05, 0) is 53.8 Å². The number of rotatable bonds is 5. The van der Waals surface area contributed by atoms with E-state index in [9.17, 15) is 9.59 Å². The van der Waals surface area contributed by atoms with Gasteiger partial charge in [-0.2, -0.15) is 0 Å². The number of halogens is 1. The van der Waals surface area contributed by atoms with E-state index in [0.717, 1.165) is 3.57 Å². The molecule has 0 aliphatic heterocycles. The smallest absolute Gasteiger partial charge is 0.331 e. The van der Waals surface area contributed by atoms with Crippen LogP contribution >= 0.6 is 22.6 Å². The molecule has 0 unspecified atom stereocenters. The summed E-state index contributed by atoms with van der Waals surface area (Å²) in [6, 6.07) is 7.32. The van der Waals surface area contributed by atoms with Crippen LogP contribution in [0.1, 0.15) is 6.92 Å². The second-order valence-electron chi connectivity index (χ2n) is 3.55. The third-order valence-corrected chi connectivity index (χ3v) is 2.73. The van der Waals surface area contributed by atoms with E-state index < -0.39 is 5.97 Å². The first-order valence-corrected chi connectivity index (χ1v) is 6.71. The molecule has 0 saturated carbocycles. The van der Waals surface area contributed by atoms with Crippen LogP contribution in [0.3, 0.4) is 0 Å². The van der Waals surface area contributed by atoms with E-state index in [0.29, 0.717) is 5.69 Å². The number of allylic oxidation sites excluding steroid dienone is 3. The van der Waals surface area contributed by atoms with Gasteiger partial charge in [0.1, 0.15) is 0 Å². The van der Waals surface area contributed by atoms with Gasteiger partial charge in [0.15, 0.2) is 6.61 Å². The third kappa shape index (κ3) is 6.76. The van der Waals surface area contributed by atoms with Crippen LogP contribution in [-0.2, 0) is 14.3 Å². The summed E-state index contributed by atoms with van der Waals surface area (Å²) in [5, 5.41) is 2.63. The average molecular weight is 371 g/mol. The molecule has 1 amide bonds. The molecule has 0 saturated heterocycles. The maximum Gasteiger partial charge on any atom is 0.331 e. The lowest BCUT2D eigenvalue weighted by Gasteiger charge is -2.05. The quantitative estimate of drug-likeness (QED) is 0.375. The van der Waals surface area contributed by atoms with Gasteiger partial charge in [0.05, 0.1) is 0 Å². The van der Waals surface area contributed by atoms with E-state index in [-0.39, 0.29) is 12.5 Å². The molecule has 1 aromatic rings. The predicted molar refractivity (Wildman–Crippen MR) is 82.7 cm³/mol. The van der Waals surface area contributed by atoms with Gasteiger partial charge in [0, 0.05) is 15.3 Å². The first-order valence-electron chi connectivity index (χ1n) is 5.63. The molecule has 1 N–H and O–H groups in total. The van der Waals surface area contributed by atoms with Crippen LogP contribution < -0.4 is 5.32 Å². The molecule has 0 spiro atoms. The average Bonchev–Trinajstić information content (AvgIpc) is 2.39. The molecule has 5 heteroatoms. The van der Waals surface area contributed by atoms with Crippen molar-refractivity contribution in [2.75, 3.05) is 11.9 Å². The van der Waals surface area contributed by atoms with Crippen molar-refractivity contribution >= 4 is 40.2 Å². The molecular weight excluding hydrogens is 357 g/mol. The zero-order valence-corrected chi connectivity index (χ0v) is 12.6. The number of nitrogens with one attached hydrogen (secondary N) is 1. The van der Waals surface area contributed by atoms with E-state index in [4.69, 9.17) is 4.74 Å². The molecular formula is C14H14INO3. The summed E-state index contributed by atoms with van der Waals surface area (Å²) in [4.78, 5) is 22.7. The zero-order valence-electron chi connectivity index (χ0n) is 10.4. The van der Waals surface area contributed by atoms with Gasteiger partial charge < -0.3 is 10.1 Å². The largest absolute Gasteiger partial charge is 0.452 e. The molecule has 0 aliphatic carbocycles. The Balaban J connectivity index is 2.35. The van der Waals surface area contributed by atoms with Gasteiger partial charge in [-0.15, -0.1) is 0 Å². The molecule has 19 heavy (non-hydrogen) atoms. The standard InChI is InChI=1S/C14H14INO3/c1-2-3-4-5-14(18)19-10-13(17)16-12-8-6-11(15)7-9-12/h2-9H,10H2,1H3,(H,16,17)/b3-2+,5-4+. The highest BCUT2D eigenvalue weighted by Gasteiger charge is 2.05. The number of hydrogen-bond acceptors (Lipinski definition) is 3. The summed E-state index contributed by atoms with van der Waals surface area (Å²) in [6.07, 6.45) is 6.30. The maximum absolute atomic E-state index is 11.5. The second kappa shape index (κ2) is 8.47. The minimum absolute atomic E-state index is 0.301. The van der Waals surface area contributed by atoms with Gasteiger partial charge in [0.25, 0.3) is 5.91 Å². The van der Waals surface area contributed by atoms with Crippen LogP contribution in [0, 0.1) is 3.57 Å². The predicted octanol–water partition coefficient (Wildman–Crippen LogP) is 2.91. The zero-order chi connectivity index (χ0) is 14.1. The van der Waals surface area contributed by atoms with Crippen molar-refractivity contribution < 1.29 is 14.3 Å². The van der Waals surface area contributed by atoms with Crippen molar-refractivity contribution in [2.24, 2.45) is 0 Å². The van der Waals surface area contributed by atoms with Crippen LogP contribution in [0.15, 0.2) is 48.6 Å². The second-order valence-corrected chi connectivity index (χ2v) is 4.79. The number of ether oxygens (including phenoxy) is 1. The Bertz CT molecular complexity index is 492. The molecule has 4 nitrogen and oxygen atoms in total. The number of anilines is 1. The maximum atomic E-state index is 11.5. The molecule has 0 aliphatic rings. The lowest BCUT2D eigenvalue weighted by Crippen LogP contribution is -2.20. The summed E-state index contributed by atoms with van der Waals surface area (Å²) in [5.74, 6) is -0.912. The normalized spacial score (nSPS) is 10.8. The SMILES string of the molecule is C/C=C/C=C/C(=O)OCC(=O)Nc1ccc(I)cc1. The lowest BCUT2D eigenvalue weighted by molar-refractivity contribution is -0.142. The fourth-order valence-corrected chi connectivity index (χ4v) is 1.52. The van der Waals surface area contributed by atoms with Crippen molar-refractivity contribution in [1.82, 2.24) is 0 Å². The van der Waals surface area contributed by atoms with E-state index >= 15 is 0 Å². The van der Waals surface area contributed by atoms with Crippen LogP contribution in [0.5, 0.6) is 0 Å².